The molecule has 2 rings (SSSR count). The number of nitrogens with zero attached hydrogens (tertiary/aromatic N) is 2. The van der Waals surface area contributed by atoms with Crippen molar-refractivity contribution in [3.8, 4) is 0 Å². The van der Waals surface area contributed by atoms with E-state index in [-0.39, 0.29) is 0 Å². The summed E-state index contributed by atoms with van der Waals surface area (Å²) in [4.78, 5) is 4.08. The van der Waals surface area contributed by atoms with E-state index < -0.39 is 0 Å². The van der Waals surface area contributed by atoms with Crippen LogP contribution in [-0.2, 0) is 0 Å². The van der Waals surface area contributed by atoms with Crippen molar-refractivity contribution in [2.45, 2.75) is 19.8 Å². The largest absolute Gasteiger partial charge is 0.369 e. The molecule has 0 radical (unpaired) electrons. The van der Waals surface area contributed by atoms with E-state index in [4.69, 9.17) is 5.73 Å². The second kappa shape index (κ2) is 2.76. The maximum atomic E-state index is 5.77. The second-order valence-corrected chi connectivity index (χ2v) is 3.48. The monoisotopic (exact) mass is 175 g/mol. The van der Waals surface area contributed by atoms with Crippen molar-refractivity contribution >= 4 is 11.5 Å². The molecule has 2 heterocycles. The van der Waals surface area contributed by atoms with E-state index in [1.165, 1.54) is 5.69 Å². The lowest BCUT2D eigenvalue weighted by atomic mass is 10.1. The first-order valence-corrected chi connectivity index (χ1v) is 4.42. The van der Waals surface area contributed by atoms with Crippen molar-refractivity contribution in [3.05, 3.63) is 30.1 Å². The average Bonchev–Trinajstić information content (AvgIpc) is 2.48. The van der Waals surface area contributed by atoms with Crippen LogP contribution in [0.4, 0.5) is 5.95 Å². The van der Waals surface area contributed by atoms with Gasteiger partial charge in [0, 0.05) is 5.69 Å². The van der Waals surface area contributed by atoms with Gasteiger partial charge in [-0.3, -0.25) is 4.40 Å². The second-order valence-electron chi connectivity index (χ2n) is 3.48. The fraction of sp³-hybridized carbons (Fsp3) is 0.300. The number of nitrogens with two attached hydrogens (primary N) is 1. The molecule has 2 aromatic heterocycles. The molecule has 0 saturated carbocycles. The van der Waals surface area contributed by atoms with Gasteiger partial charge >= 0.3 is 0 Å². The minimum Gasteiger partial charge on any atom is -0.369 e. The summed E-state index contributed by atoms with van der Waals surface area (Å²) in [5.74, 6) is 1.03. The van der Waals surface area contributed by atoms with Gasteiger partial charge in [-0.25, -0.2) is 4.98 Å². The molecule has 0 aromatic carbocycles. The Morgan fingerprint density at radius 1 is 1.38 bits per heavy atom. The van der Waals surface area contributed by atoms with E-state index in [1.807, 2.05) is 16.5 Å². The van der Waals surface area contributed by atoms with Crippen molar-refractivity contribution in [2.75, 3.05) is 5.73 Å². The zero-order chi connectivity index (χ0) is 9.42. The van der Waals surface area contributed by atoms with E-state index in [0.717, 1.165) is 5.52 Å². The fourth-order valence-electron chi connectivity index (χ4n) is 1.55. The molecule has 0 aliphatic carbocycles. The average molecular weight is 175 g/mol. The van der Waals surface area contributed by atoms with Crippen molar-refractivity contribution < 1.29 is 0 Å². The summed E-state index contributed by atoms with van der Waals surface area (Å²) in [6.45, 7) is 4.29. The van der Waals surface area contributed by atoms with E-state index in [0.29, 0.717) is 11.9 Å². The minimum atomic E-state index is 0.459. The highest BCUT2D eigenvalue weighted by atomic mass is 15.1. The number of pyridine rings is 1. The van der Waals surface area contributed by atoms with E-state index in [9.17, 15) is 0 Å². The number of rotatable bonds is 1. The number of nitrogen functional groups attached to an aromatic ring is 1. The maximum Gasteiger partial charge on any atom is 0.205 e. The molecule has 2 aromatic rings. The molecule has 0 atom stereocenters. The van der Waals surface area contributed by atoms with Gasteiger partial charge in [-0.2, -0.15) is 0 Å². The molecule has 13 heavy (non-hydrogen) atoms. The van der Waals surface area contributed by atoms with Crippen LogP contribution < -0.4 is 5.73 Å². The molecule has 68 valence electrons. The van der Waals surface area contributed by atoms with E-state index >= 15 is 0 Å². The van der Waals surface area contributed by atoms with Crippen molar-refractivity contribution in [1.82, 2.24) is 9.38 Å². The molecule has 0 bridgehead atoms. The van der Waals surface area contributed by atoms with Gasteiger partial charge < -0.3 is 5.73 Å². The molecule has 3 heteroatoms. The Labute approximate surface area is 77.2 Å². The predicted octanol–water partition coefficient (Wildman–Crippen LogP) is 2.04. The molecule has 0 aliphatic rings. The van der Waals surface area contributed by atoms with Crippen molar-refractivity contribution in [1.29, 1.82) is 0 Å². The van der Waals surface area contributed by atoms with Gasteiger partial charge in [0.2, 0.25) is 5.95 Å². The maximum absolute atomic E-state index is 5.77. The van der Waals surface area contributed by atoms with E-state index in [1.54, 1.807) is 6.20 Å². The van der Waals surface area contributed by atoms with Crippen LogP contribution in [0, 0.1) is 0 Å². The third-order valence-electron chi connectivity index (χ3n) is 2.20. The highest BCUT2D eigenvalue weighted by Gasteiger charge is 2.06. The predicted molar refractivity (Wildman–Crippen MR) is 53.7 cm³/mol. The van der Waals surface area contributed by atoms with Gasteiger partial charge in [-0.05, 0) is 18.1 Å². The SMILES string of the molecule is CC(C)c1cccc2cnc(N)n12. The van der Waals surface area contributed by atoms with Crippen LogP contribution >= 0.6 is 0 Å². The zero-order valence-corrected chi connectivity index (χ0v) is 7.86. The summed E-state index contributed by atoms with van der Waals surface area (Å²) >= 11 is 0. The highest BCUT2D eigenvalue weighted by Crippen LogP contribution is 2.19. The molecule has 0 saturated heterocycles. The number of hydrogen-bond donors (Lipinski definition) is 1. The lowest BCUT2D eigenvalue weighted by Gasteiger charge is -2.09. The lowest BCUT2D eigenvalue weighted by Crippen LogP contribution is -2.02. The molecule has 0 amide bonds. The third-order valence-corrected chi connectivity index (χ3v) is 2.20. The smallest absolute Gasteiger partial charge is 0.205 e. The summed E-state index contributed by atoms with van der Waals surface area (Å²) in [5.41, 5.74) is 8.03. The molecule has 2 N–H and O–H groups in total. The Hall–Kier alpha value is -1.51. The summed E-state index contributed by atoms with van der Waals surface area (Å²) in [6, 6.07) is 6.12. The highest BCUT2D eigenvalue weighted by molar-refractivity contribution is 5.52. The lowest BCUT2D eigenvalue weighted by molar-refractivity contribution is 0.803. The van der Waals surface area contributed by atoms with Crippen LogP contribution in [0.15, 0.2) is 24.4 Å². The first-order chi connectivity index (χ1) is 6.20. The Morgan fingerprint density at radius 3 is 2.85 bits per heavy atom. The van der Waals surface area contributed by atoms with Crippen LogP contribution in [0.5, 0.6) is 0 Å². The van der Waals surface area contributed by atoms with Crippen LogP contribution in [0.1, 0.15) is 25.5 Å². The molecular weight excluding hydrogens is 162 g/mol. The van der Waals surface area contributed by atoms with Gasteiger partial charge in [0.25, 0.3) is 0 Å². The van der Waals surface area contributed by atoms with Gasteiger partial charge in [0.1, 0.15) is 0 Å². The summed E-state index contributed by atoms with van der Waals surface area (Å²) in [5, 5.41) is 0. The van der Waals surface area contributed by atoms with Crippen molar-refractivity contribution in [3.63, 3.8) is 0 Å². The van der Waals surface area contributed by atoms with E-state index in [2.05, 4.69) is 24.9 Å². The Kier molecular flexibility index (Phi) is 1.72. The number of aromatic nitrogens is 2. The standard InChI is InChI=1S/C10H13N3/c1-7(2)9-5-3-4-8-6-12-10(11)13(8)9/h3-7H,1-2H3,(H2,11,12). The molecule has 0 fully saturated rings. The Balaban J connectivity index is 2.80. The fourth-order valence-corrected chi connectivity index (χ4v) is 1.55. The van der Waals surface area contributed by atoms with Gasteiger partial charge in [-0.15, -0.1) is 0 Å². The summed E-state index contributed by atoms with van der Waals surface area (Å²) < 4.78 is 1.99. The number of imidazole rings is 1. The van der Waals surface area contributed by atoms with Gasteiger partial charge in [-0.1, -0.05) is 19.9 Å². The van der Waals surface area contributed by atoms with Crippen LogP contribution in [0.2, 0.25) is 0 Å². The van der Waals surface area contributed by atoms with Gasteiger partial charge in [0.05, 0.1) is 11.7 Å². The quantitative estimate of drug-likeness (QED) is 0.720. The number of hydrogen-bond acceptors (Lipinski definition) is 2. The topological polar surface area (TPSA) is 43.3 Å². The summed E-state index contributed by atoms with van der Waals surface area (Å²) in [7, 11) is 0. The third kappa shape index (κ3) is 1.16. The molecule has 0 spiro atoms. The minimum absolute atomic E-state index is 0.459. The Morgan fingerprint density at radius 2 is 2.15 bits per heavy atom. The van der Waals surface area contributed by atoms with Gasteiger partial charge in [0.15, 0.2) is 0 Å². The van der Waals surface area contributed by atoms with Crippen LogP contribution in [0.25, 0.3) is 5.52 Å². The summed E-state index contributed by atoms with van der Waals surface area (Å²) in [6.07, 6.45) is 1.79. The zero-order valence-electron chi connectivity index (χ0n) is 7.86. The van der Waals surface area contributed by atoms with Crippen molar-refractivity contribution in [2.24, 2.45) is 0 Å². The normalized spacial score (nSPS) is 11.3. The first-order valence-electron chi connectivity index (χ1n) is 4.42. The molecule has 3 nitrogen and oxygen atoms in total. The Bertz CT molecular complexity index is 429. The molecule has 0 unspecified atom stereocenters. The molecule has 0 aliphatic heterocycles. The van der Waals surface area contributed by atoms with Crippen LogP contribution in [-0.4, -0.2) is 9.38 Å². The molecular formula is C10H13N3. The number of fused-ring (bicyclic) bond motifs is 1. The number of anilines is 1. The van der Waals surface area contributed by atoms with Crippen LogP contribution in [0.3, 0.4) is 0 Å². The first kappa shape index (κ1) is 8.10.